The van der Waals surface area contributed by atoms with E-state index in [9.17, 15) is 13.2 Å². The molecular formula is C16H26N2O3S3. The molecule has 0 N–H and O–H groups in total. The Bertz CT molecular complexity index is 729. The number of aliphatic imine (C=N–C) groups is 1. The van der Waals surface area contributed by atoms with Gasteiger partial charge in [0.1, 0.15) is 10.4 Å². The zero-order valence-corrected chi connectivity index (χ0v) is 17.3. The van der Waals surface area contributed by atoms with E-state index in [0.29, 0.717) is 10.3 Å². The van der Waals surface area contributed by atoms with E-state index < -0.39 is 21.9 Å². The SMILES string of the molecule is [2H][C@@](C)(N=C(SC)SC)C(=O)N1[C@@H]2C[C@H]3CC[C@]2(CS1(=O)=O)C3(C)C. The lowest BCUT2D eigenvalue weighted by molar-refractivity contribution is -0.129. The van der Waals surface area contributed by atoms with Crippen molar-refractivity contribution in [1.82, 2.24) is 4.31 Å². The van der Waals surface area contributed by atoms with Gasteiger partial charge in [0.15, 0.2) is 0 Å². The normalized spacial score (nSPS) is 38.4. The zero-order chi connectivity index (χ0) is 18.8. The van der Waals surface area contributed by atoms with Crippen LogP contribution in [0.15, 0.2) is 4.99 Å². The van der Waals surface area contributed by atoms with Gasteiger partial charge in [0.2, 0.25) is 10.0 Å². The smallest absolute Gasteiger partial charge is 0.260 e. The summed E-state index contributed by atoms with van der Waals surface area (Å²) in [5.74, 6) is -0.243. The van der Waals surface area contributed by atoms with Crippen LogP contribution in [-0.2, 0) is 14.8 Å². The summed E-state index contributed by atoms with van der Waals surface area (Å²) in [4.78, 5) is 17.3. The highest BCUT2D eigenvalue weighted by molar-refractivity contribution is 8.38. The van der Waals surface area contributed by atoms with Gasteiger partial charge in [0.05, 0.1) is 13.2 Å². The Morgan fingerprint density at radius 3 is 2.54 bits per heavy atom. The summed E-state index contributed by atoms with van der Waals surface area (Å²) in [6, 6.07) is -2.14. The number of sulfonamides is 1. The number of carbonyl (C=O) groups is 1. The van der Waals surface area contributed by atoms with Crippen molar-refractivity contribution in [3.8, 4) is 0 Å². The molecule has 2 aliphatic carbocycles. The standard InChI is InChI=1S/C16H26N2O3S3/c1-10(17-14(22-4)23-5)13(19)18-12-8-11-6-7-16(12,15(11,2)3)9-24(18,20)21/h10-12H,6-9H2,1-5H3/t10-,11+,12+,16+/m0/s1/i10D. The van der Waals surface area contributed by atoms with Gasteiger partial charge in [0, 0.05) is 5.41 Å². The average Bonchev–Trinajstić information content (AvgIpc) is 2.99. The second kappa shape index (κ2) is 5.91. The van der Waals surface area contributed by atoms with E-state index >= 15 is 0 Å². The van der Waals surface area contributed by atoms with Crippen LogP contribution >= 0.6 is 23.5 Å². The molecule has 1 aliphatic heterocycles. The van der Waals surface area contributed by atoms with E-state index in [1.807, 2.05) is 12.5 Å². The molecule has 0 aromatic rings. The van der Waals surface area contributed by atoms with Crippen molar-refractivity contribution in [1.29, 1.82) is 0 Å². The molecule has 8 heteroatoms. The summed E-state index contributed by atoms with van der Waals surface area (Å²) in [5, 5.41) is 0. The molecule has 0 aromatic carbocycles. The predicted octanol–water partition coefficient (Wildman–Crippen LogP) is 2.82. The van der Waals surface area contributed by atoms with Gasteiger partial charge >= 0.3 is 0 Å². The van der Waals surface area contributed by atoms with E-state index in [1.165, 1.54) is 30.4 Å². The zero-order valence-electron chi connectivity index (χ0n) is 15.8. The van der Waals surface area contributed by atoms with Crippen LogP contribution < -0.4 is 0 Å². The summed E-state index contributed by atoms with van der Waals surface area (Å²) in [6.45, 7) is 5.68. The van der Waals surface area contributed by atoms with Gasteiger partial charge in [-0.1, -0.05) is 13.8 Å². The molecule has 2 bridgehead atoms. The predicted molar refractivity (Wildman–Crippen MR) is 102 cm³/mol. The maximum atomic E-state index is 13.1. The highest BCUT2D eigenvalue weighted by Crippen LogP contribution is 2.70. The molecule has 1 spiro atoms. The van der Waals surface area contributed by atoms with Gasteiger partial charge in [0.25, 0.3) is 5.91 Å². The van der Waals surface area contributed by atoms with Crippen LogP contribution in [0.5, 0.6) is 0 Å². The van der Waals surface area contributed by atoms with Crippen LogP contribution in [0.3, 0.4) is 0 Å². The maximum absolute atomic E-state index is 13.1. The molecule has 1 heterocycles. The Labute approximate surface area is 154 Å². The Kier molecular flexibility index (Phi) is 4.24. The fraction of sp³-hybridized carbons (Fsp3) is 0.875. The van der Waals surface area contributed by atoms with Crippen LogP contribution in [0.4, 0.5) is 0 Å². The third-order valence-corrected chi connectivity index (χ3v) is 10.3. The highest BCUT2D eigenvalue weighted by atomic mass is 32.2. The second-order valence-corrected chi connectivity index (χ2v) is 11.3. The summed E-state index contributed by atoms with van der Waals surface area (Å²) >= 11 is 2.72. The maximum Gasteiger partial charge on any atom is 0.260 e. The van der Waals surface area contributed by atoms with Gasteiger partial charge in [-0.25, -0.2) is 12.7 Å². The Morgan fingerprint density at radius 2 is 2.00 bits per heavy atom. The van der Waals surface area contributed by atoms with E-state index in [4.69, 9.17) is 1.37 Å². The summed E-state index contributed by atoms with van der Waals surface area (Å²) in [5.41, 5.74) is -0.459. The molecule has 2 saturated carbocycles. The molecule has 1 saturated heterocycles. The number of thioether (sulfide) groups is 2. The fourth-order valence-corrected chi connectivity index (χ4v) is 8.76. The average molecular weight is 392 g/mol. The third-order valence-electron chi connectivity index (χ3n) is 6.53. The first kappa shape index (κ1) is 17.2. The van der Waals surface area contributed by atoms with Gasteiger partial charge in [-0.15, -0.1) is 23.5 Å². The molecule has 0 radical (unpaired) electrons. The van der Waals surface area contributed by atoms with E-state index in [-0.39, 0.29) is 22.6 Å². The quantitative estimate of drug-likeness (QED) is 0.535. The van der Waals surface area contributed by atoms with E-state index in [2.05, 4.69) is 18.8 Å². The first-order chi connectivity index (χ1) is 11.4. The van der Waals surface area contributed by atoms with Gasteiger partial charge in [-0.2, -0.15) is 0 Å². The molecule has 3 fully saturated rings. The summed E-state index contributed by atoms with van der Waals surface area (Å²) in [7, 11) is -3.71. The minimum atomic E-state index is -3.71. The lowest BCUT2D eigenvalue weighted by Gasteiger charge is -2.37. The Morgan fingerprint density at radius 1 is 1.38 bits per heavy atom. The monoisotopic (exact) mass is 391 g/mol. The minimum Gasteiger partial charge on any atom is -0.271 e. The molecule has 136 valence electrons. The fourth-order valence-electron chi connectivity index (χ4n) is 5.08. The summed E-state index contributed by atoms with van der Waals surface area (Å²) < 4.78 is 35.9. The molecule has 0 unspecified atom stereocenters. The van der Waals surface area contributed by atoms with Crippen LogP contribution in [-0.4, -0.2) is 53.3 Å². The van der Waals surface area contributed by atoms with Crippen molar-refractivity contribution >= 4 is 43.8 Å². The molecular weight excluding hydrogens is 364 g/mol. The van der Waals surface area contributed by atoms with Crippen molar-refractivity contribution in [3.63, 3.8) is 0 Å². The summed E-state index contributed by atoms with van der Waals surface area (Å²) in [6.07, 6.45) is 6.25. The van der Waals surface area contributed by atoms with Crippen molar-refractivity contribution in [2.75, 3.05) is 18.3 Å². The Balaban J connectivity index is 2.01. The van der Waals surface area contributed by atoms with Crippen molar-refractivity contribution in [2.24, 2.45) is 21.7 Å². The number of hydrogen-bond donors (Lipinski definition) is 0. The van der Waals surface area contributed by atoms with Gasteiger partial charge < -0.3 is 0 Å². The van der Waals surface area contributed by atoms with E-state index in [1.54, 1.807) is 0 Å². The number of fused-ring (bicyclic) bond motifs is 1. The van der Waals surface area contributed by atoms with Crippen LogP contribution in [0.25, 0.3) is 0 Å². The molecule has 0 aromatic heterocycles. The van der Waals surface area contributed by atoms with E-state index in [0.717, 1.165) is 23.6 Å². The minimum absolute atomic E-state index is 0.0254. The number of rotatable bonds is 2. The highest BCUT2D eigenvalue weighted by Gasteiger charge is 2.72. The molecule has 3 rings (SSSR count). The second-order valence-electron chi connectivity index (χ2n) is 7.59. The third kappa shape index (κ3) is 2.39. The van der Waals surface area contributed by atoms with Gasteiger partial charge in [-0.05, 0) is 50.0 Å². The topological polar surface area (TPSA) is 66.8 Å². The van der Waals surface area contributed by atoms with Crippen molar-refractivity contribution in [2.45, 2.75) is 52.1 Å². The van der Waals surface area contributed by atoms with Crippen molar-refractivity contribution < 1.29 is 14.6 Å². The lowest BCUT2D eigenvalue weighted by Crippen LogP contribution is -2.46. The number of carbonyl (C=O) groups excluding carboxylic acids is 1. The van der Waals surface area contributed by atoms with Crippen LogP contribution in [0.2, 0.25) is 0 Å². The number of amides is 1. The van der Waals surface area contributed by atoms with Crippen molar-refractivity contribution in [3.05, 3.63) is 0 Å². The first-order valence-electron chi connectivity index (χ1n) is 8.67. The molecule has 4 atom stereocenters. The molecule has 1 amide bonds. The number of hydrogen-bond acceptors (Lipinski definition) is 6. The molecule has 5 nitrogen and oxygen atoms in total. The Hall–Kier alpha value is -0.210. The van der Waals surface area contributed by atoms with Crippen LogP contribution in [0.1, 0.15) is 41.4 Å². The largest absolute Gasteiger partial charge is 0.271 e. The molecule has 24 heavy (non-hydrogen) atoms. The first-order valence-corrected chi connectivity index (χ1v) is 12.2. The lowest BCUT2D eigenvalue weighted by atomic mass is 9.69. The van der Waals surface area contributed by atoms with Gasteiger partial charge in [-0.3, -0.25) is 9.79 Å². The number of nitrogens with zero attached hydrogens (tertiary/aromatic N) is 2. The molecule has 3 aliphatic rings. The van der Waals surface area contributed by atoms with Crippen LogP contribution in [0, 0.1) is 16.7 Å².